The first-order valence-corrected chi connectivity index (χ1v) is 23.7. The summed E-state index contributed by atoms with van der Waals surface area (Å²) in [6.07, 6.45) is 4.45. The second kappa shape index (κ2) is 17.2. The van der Waals surface area contributed by atoms with Crippen LogP contribution in [0.1, 0.15) is 18.4 Å². The summed E-state index contributed by atoms with van der Waals surface area (Å²) in [6.45, 7) is 0. The molecule has 11 aromatic rings. The van der Waals surface area contributed by atoms with E-state index in [2.05, 4.69) is 254 Å². The lowest BCUT2D eigenvalue weighted by Crippen LogP contribution is -2.29. The van der Waals surface area contributed by atoms with Gasteiger partial charge in [-0.05, 0) is 145 Å². The van der Waals surface area contributed by atoms with Crippen LogP contribution in [-0.2, 0) is 0 Å². The fraction of sp³-hybridized carbons (Fsp3) is 0.0312. The van der Waals surface area contributed by atoms with E-state index in [0.717, 1.165) is 29.9 Å². The third kappa shape index (κ3) is 7.42. The maximum Gasteiger partial charge on any atom is 0.0540 e. The molecule has 1 heterocycles. The van der Waals surface area contributed by atoms with E-state index < -0.39 is 0 Å². The minimum atomic E-state index is 1.03. The van der Waals surface area contributed by atoms with Crippen molar-refractivity contribution in [1.29, 1.82) is 0 Å². The number of nitrogens with zero attached hydrogens (tertiary/aromatic N) is 1. The summed E-state index contributed by atoms with van der Waals surface area (Å²) >= 11 is 1.88. The van der Waals surface area contributed by atoms with Crippen molar-refractivity contribution in [3.63, 3.8) is 0 Å². The van der Waals surface area contributed by atoms with Gasteiger partial charge in [-0.25, -0.2) is 0 Å². The normalized spacial score (nSPS) is 12.2. The first kappa shape index (κ1) is 39.5. The summed E-state index contributed by atoms with van der Waals surface area (Å²) in [6, 6.07) is 89.1. The molecule has 0 bridgehead atoms. The van der Waals surface area contributed by atoms with Gasteiger partial charge in [-0.3, -0.25) is 0 Å². The van der Waals surface area contributed by atoms with E-state index in [1.165, 1.54) is 97.4 Å². The highest BCUT2D eigenvalue weighted by atomic mass is 32.1. The average molecular weight is 860 g/mol. The van der Waals surface area contributed by atoms with Crippen molar-refractivity contribution in [2.45, 2.75) is 12.8 Å². The molecule has 0 saturated heterocycles. The Labute approximate surface area is 390 Å². The number of rotatable bonds is 9. The SMILES string of the molecule is C1=c2ccccc2=C(c2cccc(-c3ccccc3N(c3ccc(-c4cc(-c5ccccc5)cc(-c5ccccc5)c4)cc3)c3ccc(-c4cccc5c4sc4ccccc45)cc3)c2)CC1. The quantitative estimate of drug-likeness (QED) is 0.140. The lowest BCUT2D eigenvalue weighted by atomic mass is 9.91. The number of hydrogen-bond donors (Lipinski definition) is 0. The van der Waals surface area contributed by atoms with Crippen LogP contribution in [0.25, 0.3) is 87.5 Å². The average Bonchev–Trinajstić information content (AvgIpc) is 3.79. The summed E-state index contributed by atoms with van der Waals surface area (Å²) in [7, 11) is 0. The van der Waals surface area contributed by atoms with E-state index in [1.807, 2.05) is 11.3 Å². The largest absolute Gasteiger partial charge is 0.310 e. The van der Waals surface area contributed by atoms with Gasteiger partial charge >= 0.3 is 0 Å². The van der Waals surface area contributed by atoms with E-state index in [1.54, 1.807) is 0 Å². The number of hydrogen-bond acceptors (Lipinski definition) is 2. The lowest BCUT2D eigenvalue weighted by Gasteiger charge is -2.28. The van der Waals surface area contributed by atoms with Crippen molar-refractivity contribution < 1.29 is 0 Å². The van der Waals surface area contributed by atoms with Gasteiger partial charge in [-0.15, -0.1) is 11.3 Å². The van der Waals surface area contributed by atoms with Gasteiger partial charge in [0.2, 0.25) is 0 Å². The number of anilines is 3. The minimum absolute atomic E-state index is 1.03. The predicted octanol–water partition coefficient (Wildman–Crippen LogP) is 16.6. The second-order valence-electron chi connectivity index (χ2n) is 17.1. The molecule has 0 radical (unpaired) electrons. The fourth-order valence-corrected chi connectivity index (χ4v) is 11.2. The Hall–Kier alpha value is -8.04. The summed E-state index contributed by atoms with van der Waals surface area (Å²) in [4.78, 5) is 2.43. The molecule has 0 saturated carbocycles. The lowest BCUT2D eigenvalue weighted by molar-refractivity contribution is 1.08. The first-order valence-electron chi connectivity index (χ1n) is 22.9. The Bertz CT molecular complexity index is 3620. The maximum atomic E-state index is 2.43. The molecule has 0 N–H and O–H groups in total. The van der Waals surface area contributed by atoms with E-state index in [4.69, 9.17) is 0 Å². The molecular weight excluding hydrogens is 815 g/mol. The molecule has 10 aromatic carbocycles. The van der Waals surface area contributed by atoms with Crippen LogP contribution in [0.15, 0.2) is 243 Å². The van der Waals surface area contributed by atoms with Crippen LogP contribution >= 0.6 is 11.3 Å². The van der Waals surface area contributed by atoms with Crippen LogP contribution in [0.5, 0.6) is 0 Å². The third-order valence-corrected chi connectivity index (χ3v) is 14.4. The molecule has 0 aliphatic heterocycles. The molecular formula is C64H45NS. The standard InChI is InChI=1S/C64H45NS/c1-3-16-44(17-4-1)51-41-52(45-18-5-2-6-19-45)43-53(42-51)46-32-36-54(37-33-46)65(55-38-34-48(35-39-55)59-28-15-29-61-60-26-10-12-31-63(60)66-64(59)61)62-30-11-9-25-58(62)50-23-13-22-49(40-50)57-27-14-21-47-20-7-8-24-56(47)57/h1-13,15-26,28-43H,14,27H2. The molecule has 0 atom stereocenters. The molecule has 1 nitrogen and oxygen atoms in total. The maximum absolute atomic E-state index is 2.43. The topological polar surface area (TPSA) is 3.24 Å². The van der Waals surface area contributed by atoms with Gasteiger partial charge in [-0.2, -0.15) is 0 Å². The molecule has 1 aliphatic rings. The highest BCUT2D eigenvalue weighted by molar-refractivity contribution is 7.26. The predicted molar refractivity (Wildman–Crippen MR) is 283 cm³/mol. The molecule has 1 aromatic heterocycles. The Balaban J connectivity index is 0.987. The highest BCUT2D eigenvalue weighted by Crippen LogP contribution is 2.44. The van der Waals surface area contributed by atoms with Gasteiger partial charge in [0.1, 0.15) is 0 Å². The van der Waals surface area contributed by atoms with Crippen LogP contribution in [0.4, 0.5) is 17.1 Å². The highest BCUT2D eigenvalue weighted by Gasteiger charge is 2.20. The van der Waals surface area contributed by atoms with Gasteiger partial charge < -0.3 is 4.90 Å². The van der Waals surface area contributed by atoms with Crippen molar-refractivity contribution in [2.24, 2.45) is 0 Å². The molecule has 1 aliphatic carbocycles. The molecule has 2 heteroatoms. The van der Waals surface area contributed by atoms with Crippen LogP contribution in [-0.4, -0.2) is 0 Å². The number of benzene rings is 10. The molecule has 12 rings (SSSR count). The van der Waals surface area contributed by atoms with Crippen molar-refractivity contribution >= 4 is 60.2 Å². The molecule has 66 heavy (non-hydrogen) atoms. The Kier molecular flexibility index (Phi) is 10.3. The zero-order chi connectivity index (χ0) is 43.8. The van der Waals surface area contributed by atoms with Gasteiger partial charge in [-0.1, -0.05) is 188 Å². The van der Waals surface area contributed by atoms with Gasteiger partial charge in [0, 0.05) is 37.1 Å². The van der Waals surface area contributed by atoms with E-state index in [0.29, 0.717) is 0 Å². The van der Waals surface area contributed by atoms with Crippen LogP contribution in [0.3, 0.4) is 0 Å². The molecule has 0 spiro atoms. The zero-order valence-corrected chi connectivity index (χ0v) is 37.3. The number of fused-ring (bicyclic) bond motifs is 4. The summed E-state index contributed by atoms with van der Waals surface area (Å²) in [5, 5.41) is 5.30. The van der Waals surface area contributed by atoms with E-state index >= 15 is 0 Å². The third-order valence-electron chi connectivity index (χ3n) is 13.2. The van der Waals surface area contributed by atoms with Crippen LogP contribution in [0.2, 0.25) is 0 Å². The van der Waals surface area contributed by atoms with Crippen molar-refractivity contribution in [3.8, 4) is 55.6 Å². The van der Waals surface area contributed by atoms with Crippen molar-refractivity contribution in [1.82, 2.24) is 0 Å². The first-order chi connectivity index (χ1) is 32.7. The van der Waals surface area contributed by atoms with E-state index in [-0.39, 0.29) is 0 Å². The van der Waals surface area contributed by atoms with Gasteiger partial charge in [0.15, 0.2) is 0 Å². The Morgan fingerprint density at radius 1 is 0.348 bits per heavy atom. The summed E-state index contributed by atoms with van der Waals surface area (Å²) < 4.78 is 2.65. The fourth-order valence-electron chi connectivity index (χ4n) is 9.93. The van der Waals surface area contributed by atoms with Crippen LogP contribution < -0.4 is 15.3 Å². The Morgan fingerprint density at radius 2 is 0.864 bits per heavy atom. The van der Waals surface area contributed by atoms with Crippen molar-refractivity contribution in [3.05, 3.63) is 259 Å². The number of para-hydroxylation sites is 1. The minimum Gasteiger partial charge on any atom is -0.310 e. The zero-order valence-electron chi connectivity index (χ0n) is 36.4. The molecule has 0 amide bonds. The van der Waals surface area contributed by atoms with Gasteiger partial charge in [0.25, 0.3) is 0 Å². The summed E-state index contributed by atoms with van der Waals surface area (Å²) in [5.74, 6) is 0. The van der Waals surface area contributed by atoms with Crippen molar-refractivity contribution in [2.75, 3.05) is 4.90 Å². The number of thiophene rings is 1. The smallest absolute Gasteiger partial charge is 0.0540 e. The van der Waals surface area contributed by atoms with Crippen LogP contribution in [0, 0.1) is 0 Å². The monoisotopic (exact) mass is 859 g/mol. The van der Waals surface area contributed by atoms with E-state index in [9.17, 15) is 0 Å². The summed E-state index contributed by atoms with van der Waals surface area (Å²) in [5.41, 5.74) is 18.0. The second-order valence-corrected chi connectivity index (χ2v) is 18.2. The molecule has 0 fully saturated rings. The van der Waals surface area contributed by atoms with Gasteiger partial charge in [0.05, 0.1) is 5.69 Å². The molecule has 0 unspecified atom stereocenters. The Morgan fingerprint density at radius 3 is 1.59 bits per heavy atom. The molecule has 312 valence electrons.